The molecule has 36 nitrogen and oxygen atoms in total. The number of hydrogen-bond donors (Lipinski definition) is 19. The van der Waals surface area contributed by atoms with Crippen LogP contribution in [0.3, 0.4) is 0 Å². The van der Waals surface area contributed by atoms with Crippen molar-refractivity contribution in [3.63, 3.8) is 0 Å². The van der Waals surface area contributed by atoms with E-state index in [2.05, 4.69) is 47.9 Å². The molecule has 0 unspecified atom stereocenters. The molecular weight excluding hydrogens is 1320 g/mol. The highest BCUT2D eigenvalue weighted by molar-refractivity contribution is 7.90. The van der Waals surface area contributed by atoms with Gasteiger partial charge in [0.2, 0.25) is 65.0 Å². The van der Waals surface area contributed by atoms with Crippen molar-refractivity contribution in [1.29, 1.82) is 5.41 Å². The van der Waals surface area contributed by atoms with E-state index in [9.17, 15) is 76.5 Å². The maximum absolute atomic E-state index is 15.4. The molecule has 1 heterocycles. The minimum absolute atomic E-state index is 0.0169. The molecule has 22 N–H and O–H groups in total. The molecular formula is C62H96N16O20S. The number of amides is 12. The van der Waals surface area contributed by atoms with Crippen LogP contribution in [0.4, 0.5) is 4.79 Å². The first kappa shape index (κ1) is 83.6. The van der Waals surface area contributed by atoms with Gasteiger partial charge in [-0.2, -0.15) is 0 Å². The number of hydrogen-bond acceptors (Lipinski definition) is 22. The Morgan fingerprint density at radius 3 is 1.77 bits per heavy atom. The van der Waals surface area contributed by atoms with E-state index in [1.165, 1.54) is 69.3 Å². The summed E-state index contributed by atoms with van der Waals surface area (Å²) in [5.74, 6) is -18.4. The van der Waals surface area contributed by atoms with E-state index >= 15 is 9.59 Å². The predicted octanol–water partition coefficient (Wildman–Crippen LogP) is -5.13. The van der Waals surface area contributed by atoms with Crippen LogP contribution in [0, 0.1) is 29.1 Å². The van der Waals surface area contributed by atoms with Crippen LogP contribution >= 0.6 is 0 Å². The van der Waals surface area contributed by atoms with Gasteiger partial charge >= 0.3 is 12.1 Å². The van der Waals surface area contributed by atoms with Gasteiger partial charge in [-0.3, -0.25) is 58.1 Å². The molecule has 0 spiro atoms. The van der Waals surface area contributed by atoms with E-state index < -0.39 is 214 Å². The summed E-state index contributed by atoms with van der Waals surface area (Å²) in [6.45, 7) is 12.5. The lowest BCUT2D eigenvalue weighted by Gasteiger charge is -2.33. The fourth-order valence-corrected chi connectivity index (χ4v) is 10.6. The normalized spacial score (nSPS) is 23.5. The highest BCUT2D eigenvalue weighted by Crippen LogP contribution is 2.25. The van der Waals surface area contributed by atoms with E-state index in [0.717, 1.165) is 19.1 Å². The standard InChI is InChI=1S/C62H96N16O20S/c1-11-32(8)42-56(89)75-43(34(10)79)55(88)68-27-41(80)73-45(48(82)50(64)83)58(91)72-40(28-97-62(94)78-99(95,96)36-21-16-13-17-22-36)60(93)98-49(35-19-14-12-15-20-35)46(77-51(84)33(9)69-52(85)37(63)25-29(2)3)59(92)76-44(47(81)31(6)7)57(90)71-39(26-30(4)5)54(87)70-38(53(86)74-42)23-18-24-67-61(65)66/h12-17,19-22,29-34,37-40,42-49,79,81-82H,11,18,23-28,63H2,1-10H3,(H2,64,83)(H,68,88)(H,69,85)(H,70,87)(H,71,90)(H,72,91)(H,73,80)(H,74,86)(H,75,89)(H,76,92)(H,77,84)(H,78,94)(H4,65,66,67)/t32-,33-,34-,37+,38+,39-,40-,42-,43-,44-,45-,46-,47+,48-,49+/m0/s1. The summed E-state index contributed by atoms with van der Waals surface area (Å²) >= 11 is 0. The van der Waals surface area contributed by atoms with Crippen molar-refractivity contribution in [2.45, 2.75) is 191 Å². The zero-order chi connectivity index (χ0) is 74.8. The first-order valence-corrected chi connectivity index (χ1v) is 33.5. The van der Waals surface area contributed by atoms with Crippen molar-refractivity contribution in [3.05, 3.63) is 66.2 Å². The largest absolute Gasteiger partial charge is 0.453 e. The molecule has 1 fully saturated rings. The molecule has 3 rings (SSSR count). The van der Waals surface area contributed by atoms with E-state index in [-0.39, 0.29) is 50.1 Å². The van der Waals surface area contributed by atoms with Gasteiger partial charge in [-0.15, -0.1) is 0 Å². The average Bonchev–Trinajstić information content (AvgIpc) is 0.819. The third-order valence-electron chi connectivity index (χ3n) is 15.4. The van der Waals surface area contributed by atoms with E-state index in [4.69, 9.17) is 32.1 Å². The Labute approximate surface area is 573 Å². The molecule has 2 aromatic carbocycles. The van der Waals surface area contributed by atoms with Crippen molar-refractivity contribution >= 4 is 93.0 Å². The molecule has 0 saturated carbocycles. The third-order valence-corrected chi connectivity index (χ3v) is 16.7. The fourth-order valence-electron chi connectivity index (χ4n) is 9.65. The van der Waals surface area contributed by atoms with Gasteiger partial charge in [-0.05, 0) is 80.9 Å². The minimum atomic E-state index is -4.74. The number of ether oxygens (including phenoxy) is 2. The number of esters is 1. The number of benzene rings is 2. The maximum atomic E-state index is 15.4. The topological polar surface area (TPSA) is 581 Å². The summed E-state index contributed by atoms with van der Waals surface area (Å²) in [6, 6.07) is -5.98. The number of nitrogens with one attached hydrogen (secondary N) is 13. The molecule has 0 bridgehead atoms. The Balaban J connectivity index is 2.48. The van der Waals surface area contributed by atoms with Gasteiger partial charge in [-0.1, -0.05) is 110 Å². The first-order valence-electron chi connectivity index (χ1n) is 32.0. The van der Waals surface area contributed by atoms with Crippen LogP contribution in [0.5, 0.6) is 0 Å². The van der Waals surface area contributed by atoms with Crippen molar-refractivity contribution in [2.75, 3.05) is 19.7 Å². The zero-order valence-corrected chi connectivity index (χ0v) is 57.6. The summed E-state index contributed by atoms with van der Waals surface area (Å²) in [6.07, 6.45) is -10.4. The number of aliphatic hydroxyl groups excluding tert-OH is 3. The van der Waals surface area contributed by atoms with Gasteiger partial charge in [0.1, 0.15) is 54.9 Å². The van der Waals surface area contributed by atoms with Gasteiger partial charge in [0.05, 0.1) is 29.7 Å². The Morgan fingerprint density at radius 1 is 0.667 bits per heavy atom. The molecule has 1 aliphatic heterocycles. The zero-order valence-electron chi connectivity index (χ0n) is 56.7. The second kappa shape index (κ2) is 39.7. The molecule has 15 atom stereocenters. The van der Waals surface area contributed by atoms with E-state index in [1.807, 2.05) is 10.6 Å². The highest BCUT2D eigenvalue weighted by atomic mass is 32.2. The molecule has 12 amide bonds. The van der Waals surface area contributed by atoms with Crippen LogP contribution in [0.25, 0.3) is 0 Å². The lowest BCUT2D eigenvalue weighted by atomic mass is 9.95. The predicted molar refractivity (Wildman–Crippen MR) is 353 cm³/mol. The summed E-state index contributed by atoms with van der Waals surface area (Å²) in [7, 11) is -4.74. The van der Waals surface area contributed by atoms with E-state index in [0.29, 0.717) is 0 Å². The van der Waals surface area contributed by atoms with Crippen LogP contribution < -0.4 is 80.4 Å². The van der Waals surface area contributed by atoms with Crippen LogP contribution in [-0.4, -0.2) is 205 Å². The number of cyclic esters (lactones) is 1. The Bertz CT molecular complexity index is 3280. The van der Waals surface area contributed by atoms with Crippen molar-refractivity contribution < 1.29 is 95.5 Å². The number of carbonyl (C=O) groups excluding carboxylic acids is 13. The number of rotatable bonds is 24. The van der Waals surface area contributed by atoms with Gasteiger partial charge in [-0.25, -0.2) is 22.7 Å². The summed E-state index contributed by atoms with van der Waals surface area (Å²) in [5, 5.41) is 67.3. The smallest absolute Gasteiger partial charge is 0.421 e. The first-order chi connectivity index (χ1) is 46.3. The quantitative estimate of drug-likeness (QED) is 0.0202. The Hall–Kier alpha value is -9.59. The van der Waals surface area contributed by atoms with E-state index in [1.54, 1.807) is 46.3 Å². The number of aliphatic hydroxyl groups is 3. The number of primary amides is 1. The number of sulfonamides is 1. The Morgan fingerprint density at radius 2 is 1.21 bits per heavy atom. The maximum Gasteiger partial charge on any atom is 0.421 e. The summed E-state index contributed by atoms with van der Waals surface area (Å²) in [5.41, 5.74) is 16.8. The van der Waals surface area contributed by atoms with Gasteiger partial charge < -0.3 is 100 Å². The molecule has 0 aliphatic carbocycles. The summed E-state index contributed by atoms with van der Waals surface area (Å²) in [4.78, 5) is 184. The molecule has 99 heavy (non-hydrogen) atoms. The summed E-state index contributed by atoms with van der Waals surface area (Å²) < 4.78 is 39.1. The van der Waals surface area contributed by atoms with Crippen LogP contribution in [0.1, 0.15) is 113 Å². The number of carbonyl (C=O) groups is 13. The molecule has 1 saturated heterocycles. The van der Waals surface area contributed by atoms with Gasteiger partial charge in [0, 0.05) is 6.54 Å². The second-order valence-corrected chi connectivity index (χ2v) is 26.6. The Kier molecular flexibility index (Phi) is 33.6. The fraction of sp³-hybridized carbons (Fsp3) is 0.581. The molecule has 0 aromatic heterocycles. The molecule has 1 aliphatic rings. The van der Waals surface area contributed by atoms with Crippen LogP contribution in [0.2, 0.25) is 0 Å². The monoisotopic (exact) mass is 1420 g/mol. The minimum Gasteiger partial charge on any atom is -0.453 e. The average molecular weight is 1420 g/mol. The lowest BCUT2D eigenvalue weighted by Crippen LogP contribution is -2.64. The number of guanidine groups is 1. The highest BCUT2D eigenvalue weighted by Gasteiger charge is 2.44. The van der Waals surface area contributed by atoms with Crippen LogP contribution in [0.15, 0.2) is 65.6 Å². The molecule has 2 aromatic rings. The lowest BCUT2D eigenvalue weighted by molar-refractivity contribution is -0.159. The SMILES string of the molecule is CC[C@H](C)[C@@H]1NC(=O)[C@@H](CCCNC(=N)N)NC(=O)[C@H](CC(C)C)NC(=O)[C@H]([C@H](O)C(C)C)NC(=O)[C@@H](NC(=O)[C@H](C)NC(=O)[C@H](N)CC(C)C)[C@@H](c2ccccc2)OC(=O)[C@H](COC(=O)NS(=O)(=O)c2ccccc2)NC(=O)[C@H]([C@H](O)C(N)=O)NC(=O)CNC(=O)[C@H]([C@H](C)O)NC1=O. The van der Waals surface area contributed by atoms with Crippen molar-refractivity contribution in [1.82, 2.24) is 63.2 Å². The molecule has 37 heteroatoms. The van der Waals surface area contributed by atoms with Gasteiger partial charge in [0.25, 0.3) is 10.0 Å². The van der Waals surface area contributed by atoms with Crippen LogP contribution in [-0.2, 0) is 77.0 Å². The third kappa shape index (κ3) is 27.0. The second-order valence-electron chi connectivity index (χ2n) is 25.0. The molecule has 0 radical (unpaired) electrons. The van der Waals surface area contributed by atoms with Crippen molar-refractivity contribution in [3.8, 4) is 0 Å². The molecule has 550 valence electrons. The van der Waals surface area contributed by atoms with Crippen molar-refractivity contribution in [2.24, 2.45) is 40.9 Å². The van der Waals surface area contributed by atoms with Gasteiger partial charge in [0.15, 0.2) is 24.2 Å². The number of nitrogens with two attached hydrogens (primary N) is 3.